The van der Waals surface area contributed by atoms with Crippen LogP contribution in [0.5, 0.6) is 0 Å². The van der Waals surface area contributed by atoms with Crippen molar-refractivity contribution in [3.05, 3.63) is 91.0 Å². The maximum absolute atomic E-state index is 13.3. The smallest absolute Gasteiger partial charge is 0.325 e. The summed E-state index contributed by atoms with van der Waals surface area (Å²) in [6.45, 7) is 3.28. The molecule has 0 radical (unpaired) electrons. The fraction of sp³-hybridized carbons (Fsp3) is 0.343. The molecule has 0 fully saturated rings. The Kier molecular flexibility index (Phi) is 17.1. The summed E-state index contributed by atoms with van der Waals surface area (Å²) in [5, 5.41) is 11.7. The number of hydrogen-bond donors (Lipinski definition) is 4. The maximum atomic E-state index is 13.3. The lowest BCUT2D eigenvalue weighted by molar-refractivity contribution is -0.145. The highest BCUT2D eigenvalue weighted by atomic mass is 33.1. The van der Waals surface area contributed by atoms with Crippen molar-refractivity contribution in [1.82, 2.24) is 16.0 Å². The van der Waals surface area contributed by atoms with Gasteiger partial charge in [0, 0.05) is 12.2 Å². The molecule has 262 valence electrons. The van der Waals surface area contributed by atoms with Crippen LogP contribution in [0, 0.1) is 0 Å². The second-order valence-corrected chi connectivity index (χ2v) is 16.7. The Morgan fingerprint density at radius 1 is 0.735 bits per heavy atom. The average Bonchev–Trinajstić information content (AvgIpc) is 3.12. The van der Waals surface area contributed by atoms with Gasteiger partial charge in [0.1, 0.15) is 48.1 Å². The van der Waals surface area contributed by atoms with Crippen LogP contribution in [-0.2, 0) is 33.4 Å². The molecule has 0 aliphatic carbocycles. The lowest BCUT2D eigenvalue weighted by atomic mass is 10.1. The van der Waals surface area contributed by atoms with Crippen LogP contribution in [-0.4, -0.2) is 79.3 Å². The number of nitrogens with two attached hydrogens (primary N) is 1. The molecule has 3 rings (SSSR count). The topological polar surface area (TPSA) is 166 Å². The fourth-order valence-electron chi connectivity index (χ4n) is 4.84. The van der Waals surface area contributed by atoms with Gasteiger partial charge in [0.05, 0.1) is 19.0 Å². The first-order chi connectivity index (χ1) is 23.7. The lowest BCUT2D eigenvalue weighted by Gasteiger charge is -2.27. The molecule has 0 aliphatic rings. The van der Waals surface area contributed by atoms with Crippen molar-refractivity contribution in [2.24, 2.45) is 5.73 Å². The van der Waals surface area contributed by atoms with E-state index in [0.29, 0.717) is 6.29 Å². The molecule has 0 heterocycles. The van der Waals surface area contributed by atoms with Gasteiger partial charge in [-0.3, -0.25) is 24.0 Å². The van der Waals surface area contributed by atoms with Crippen molar-refractivity contribution >= 4 is 74.4 Å². The first kappa shape index (κ1) is 39.5. The van der Waals surface area contributed by atoms with Crippen molar-refractivity contribution in [2.45, 2.75) is 38.8 Å². The van der Waals surface area contributed by atoms with E-state index in [1.807, 2.05) is 54.6 Å². The maximum Gasteiger partial charge on any atom is 0.325 e. The highest BCUT2D eigenvalue weighted by Gasteiger charge is 2.45. The standard InChI is InChI=1S/C35H43N4O7PS2/c1-3-45-33(42)22-37-34(43)30(39-31(40)21-20-29(36)35(44)46-4-2)23-48-49-24-32(41)38-25-47(26-14-8-5-9-15-26,27-16-10-6-11-17-27)28-18-12-7-13-19-28/h5-19,29-30H,3-4,20-25,36H2,1-2H3,(H2-,37,38,39,40,41,43)/p+1/t29-,30-/m0/s1. The first-order valence-corrected chi connectivity index (χ1v) is 20.4. The molecule has 49 heavy (non-hydrogen) atoms. The number of ether oxygens (including phenoxy) is 2. The summed E-state index contributed by atoms with van der Waals surface area (Å²) in [7, 11) is 0.222. The summed E-state index contributed by atoms with van der Waals surface area (Å²) in [4.78, 5) is 62.5. The molecule has 3 amide bonds. The zero-order valence-electron chi connectivity index (χ0n) is 27.7. The van der Waals surface area contributed by atoms with Crippen LogP contribution in [0.2, 0.25) is 0 Å². The Morgan fingerprint density at radius 2 is 1.27 bits per heavy atom. The molecule has 5 N–H and O–H groups in total. The molecule has 11 nitrogen and oxygen atoms in total. The minimum atomic E-state index is -2.26. The van der Waals surface area contributed by atoms with E-state index in [4.69, 9.17) is 15.2 Å². The third-order valence-electron chi connectivity index (χ3n) is 7.25. The molecule has 0 spiro atoms. The summed E-state index contributed by atoms with van der Waals surface area (Å²) in [6, 6.07) is 28.7. The van der Waals surface area contributed by atoms with Crippen LogP contribution in [0.15, 0.2) is 91.0 Å². The van der Waals surface area contributed by atoms with Crippen molar-refractivity contribution in [3.63, 3.8) is 0 Å². The summed E-state index contributed by atoms with van der Waals surface area (Å²) in [5.74, 6) is -2.27. The van der Waals surface area contributed by atoms with Crippen LogP contribution in [0.3, 0.4) is 0 Å². The van der Waals surface area contributed by atoms with Crippen molar-refractivity contribution in [1.29, 1.82) is 0 Å². The predicted octanol–water partition coefficient (Wildman–Crippen LogP) is 2.27. The third-order valence-corrected chi connectivity index (χ3v) is 13.7. The monoisotopic (exact) mass is 727 g/mol. The molecule has 0 aliphatic heterocycles. The van der Waals surface area contributed by atoms with Crippen LogP contribution >= 0.6 is 28.9 Å². The molecule has 3 aromatic rings. The molecule has 3 aromatic carbocycles. The number of amides is 3. The minimum Gasteiger partial charge on any atom is -0.465 e. The normalized spacial score (nSPS) is 12.2. The Bertz CT molecular complexity index is 1410. The van der Waals surface area contributed by atoms with Gasteiger partial charge < -0.3 is 31.2 Å². The fourth-order valence-corrected chi connectivity index (χ4v) is 10.8. The number of rotatable bonds is 20. The van der Waals surface area contributed by atoms with Gasteiger partial charge in [-0.05, 0) is 56.7 Å². The summed E-state index contributed by atoms with van der Waals surface area (Å²) >= 11 is 0. The van der Waals surface area contributed by atoms with E-state index in [9.17, 15) is 24.0 Å². The quantitative estimate of drug-likeness (QED) is 0.0588. The van der Waals surface area contributed by atoms with Gasteiger partial charge in [-0.15, -0.1) is 0 Å². The molecule has 0 bridgehead atoms. The van der Waals surface area contributed by atoms with E-state index in [-0.39, 0.29) is 50.0 Å². The average molecular weight is 728 g/mol. The molecule has 0 saturated carbocycles. The second-order valence-electron chi connectivity index (χ2n) is 10.7. The van der Waals surface area contributed by atoms with Crippen LogP contribution in [0.1, 0.15) is 26.7 Å². The highest BCUT2D eigenvalue weighted by Crippen LogP contribution is 2.54. The first-order valence-electron chi connectivity index (χ1n) is 15.9. The number of carbonyl (C=O) groups is 5. The predicted molar refractivity (Wildman–Crippen MR) is 198 cm³/mol. The van der Waals surface area contributed by atoms with E-state index in [1.54, 1.807) is 13.8 Å². The summed E-state index contributed by atoms with van der Waals surface area (Å²) < 4.78 is 9.74. The van der Waals surface area contributed by atoms with Gasteiger partial charge in [-0.2, -0.15) is 0 Å². The summed E-state index contributed by atoms with van der Waals surface area (Å²) in [6.07, 6.45) is 0.331. The number of carbonyl (C=O) groups excluding carboxylic acids is 5. The zero-order chi connectivity index (χ0) is 35.5. The highest BCUT2D eigenvalue weighted by molar-refractivity contribution is 8.76. The van der Waals surface area contributed by atoms with Crippen LogP contribution in [0.4, 0.5) is 0 Å². The lowest BCUT2D eigenvalue weighted by Crippen LogP contribution is -2.49. The van der Waals surface area contributed by atoms with Crippen molar-refractivity contribution < 1.29 is 33.4 Å². The number of hydrogen-bond acceptors (Lipinski definition) is 10. The van der Waals surface area contributed by atoms with Gasteiger partial charge in [0.2, 0.25) is 17.7 Å². The van der Waals surface area contributed by atoms with E-state index >= 15 is 0 Å². The van der Waals surface area contributed by atoms with Crippen molar-refractivity contribution in [2.75, 3.05) is 37.6 Å². The molecule has 0 unspecified atom stereocenters. The minimum absolute atomic E-state index is 0.0307. The molecular weight excluding hydrogens is 684 g/mol. The molecule has 0 saturated heterocycles. The van der Waals surface area contributed by atoms with Gasteiger partial charge in [0.25, 0.3) is 0 Å². The van der Waals surface area contributed by atoms with E-state index in [1.165, 1.54) is 21.6 Å². The van der Waals surface area contributed by atoms with E-state index in [2.05, 4.69) is 52.3 Å². The van der Waals surface area contributed by atoms with Gasteiger partial charge in [0.15, 0.2) is 0 Å². The van der Waals surface area contributed by atoms with E-state index in [0.717, 1.165) is 15.9 Å². The third kappa shape index (κ3) is 12.5. The Hall–Kier alpha value is -3.90. The number of nitrogens with one attached hydrogen (secondary N) is 3. The molecule has 2 atom stereocenters. The van der Waals surface area contributed by atoms with Crippen molar-refractivity contribution in [3.8, 4) is 0 Å². The zero-order valence-corrected chi connectivity index (χ0v) is 30.2. The summed E-state index contributed by atoms with van der Waals surface area (Å²) in [5.41, 5.74) is 5.80. The van der Waals surface area contributed by atoms with E-state index < -0.39 is 43.1 Å². The van der Waals surface area contributed by atoms with Crippen LogP contribution < -0.4 is 37.6 Å². The Balaban J connectivity index is 1.64. The van der Waals surface area contributed by atoms with Gasteiger partial charge in [-0.1, -0.05) is 76.2 Å². The molecule has 14 heteroatoms. The second kappa shape index (κ2) is 21.2. The van der Waals surface area contributed by atoms with Crippen LogP contribution in [0.25, 0.3) is 0 Å². The largest absolute Gasteiger partial charge is 0.465 e. The SMILES string of the molecule is CCOC(=O)CNC(=O)[C@H](CSSCC(=O)NC[P+](c1ccccc1)(c1ccccc1)c1ccccc1)NC(=O)CC[C@H](N)C(=O)OCC. The molecule has 0 aromatic heterocycles. The molecular formula is C35H44N4O7PS2+. The van der Waals surface area contributed by atoms with Gasteiger partial charge in [-0.25, -0.2) is 0 Å². The Morgan fingerprint density at radius 3 is 1.78 bits per heavy atom. The number of benzene rings is 3. The van der Waals surface area contributed by atoms with Gasteiger partial charge >= 0.3 is 11.9 Å². The number of esters is 2. The Labute approximate surface area is 296 Å².